The van der Waals surface area contributed by atoms with Crippen LogP contribution in [-0.4, -0.2) is 47.9 Å². The maximum Gasteiger partial charge on any atom is 0.222 e. The summed E-state index contributed by atoms with van der Waals surface area (Å²) in [5.74, 6) is 0.844. The van der Waals surface area contributed by atoms with Crippen LogP contribution in [0.4, 0.5) is 10.2 Å². The van der Waals surface area contributed by atoms with Crippen molar-refractivity contribution in [2.24, 2.45) is 0 Å². The standard InChI is InChI=1S/C25H25FN4O2/c1-15-9-23(31-3)27-13-20(15)18-10-21(24-19-6-4-5-17(19)12-28-25(24)26)29-22(11-18)30-7-8-32-14-16(30)2/h4,6,9-13,16H,5,7-8,14H2,1-3H3/t16-/m1/s1. The number of morpholine rings is 1. The summed E-state index contributed by atoms with van der Waals surface area (Å²) in [6.45, 7) is 6.11. The third-order valence-electron chi connectivity index (χ3n) is 6.11. The second kappa shape index (κ2) is 8.31. The van der Waals surface area contributed by atoms with Gasteiger partial charge in [-0.15, -0.1) is 0 Å². The molecule has 3 aromatic heterocycles. The molecule has 0 aromatic carbocycles. The predicted octanol–water partition coefficient (Wildman–Crippen LogP) is 4.46. The van der Waals surface area contributed by atoms with Crippen LogP contribution in [0.5, 0.6) is 5.88 Å². The highest BCUT2D eigenvalue weighted by atomic mass is 19.1. The highest BCUT2D eigenvalue weighted by Crippen LogP contribution is 2.36. The largest absolute Gasteiger partial charge is 0.481 e. The number of methoxy groups -OCH3 is 1. The van der Waals surface area contributed by atoms with Crippen molar-refractivity contribution in [3.63, 3.8) is 0 Å². The number of aromatic nitrogens is 3. The Bertz CT molecular complexity index is 1210. The minimum absolute atomic E-state index is 0.166. The summed E-state index contributed by atoms with van der Waals surface area (Å²) in [5, 5.41) is 0. The van der Waals surface area contributed by atoms with Crippen LogP contribution in [0.3, 0.4) is 0 Å². The van der Waals surface area contributed by atoms with Crippen LogP contribution in [0.15, 0.2) is 36.7 Å². The van der Waals surface area contributed by atoms with E-state index in [-0.39, 0.29) is 6.04 Å². The van der Waals surface area contributed by atoms with Crippen molar-refractivity contribution in [1.29, 1.82) is 0 Å². The van der Waals surface area contributed by atoms with Crippen molar-refractivity contribution in [3.8, 4) is 28.3 Å². The number of aryl methyl sites for hydroxylation is 1. The second-order valence-electron chi connectivity index (χ2n) is 8.23. The third-order valence-corrected chi connectivity index (χ3v) is 6.11. The lowest BCUT2D eigenvalue weighted by atomic mass is 9.98. The fraction of sp³-hybridized carbons (Fsp3) is 0.320. The highest BCUT2D eigenvalue weighted by Gasteiger charge is 2.24. The average Bonchev–Trinajstić information content (AvgIpc) is 3.27. The molecule has 164 valence electrons. The first kappa shape index (κ1) is 20.6. The van der Waals surface area contributed by atoms with Gasteiger partial charge in [-0.2, -0.15) is 4.39 Å². The fourth-order valence-electron chi connectivity index (χ4n) is 4.40. The second-order valence-corrected chi connectivity index (χ2v) is 8.23. The van der Waals surface area contributed by atoms with Crippen LogP contribution in [0.2, 0.25) is 0 Å². The summed E-state index contributed by atoms with van der Waals surface area (Å²) in [7, 11) is 1.60. The van der Waals surface area contributed by atoms with E-state index in [0.717, 1.165) is 46.6 Å². The molecule has 7 heteroatoms. The van der Waals surface area contributed by atoms with Crippen LogP contribution in [0.1, 0.15) is 23.6 Å². The topological polar surface area (TPSA) is 60.4 Å². The van der Waals surface area contributed by atoms with E-state index in [4.69, 9.17) is 14.5 Å². The van der Waals surface area contributed by atoms with Gasteiger partial charge in [-0.05, 0) is 54.7 Å². The van der Waals surface area contributed by atoms with Crippen molar-refractivity contribution < 1.29 is 13.9 Å². The molecule has 2 aliphatic rings. The van der Waals surface area contributed by atoms with Crippen molar-refractivity contribution in [3.05, 3.63) is 59.3 Å². The van der Waals surface area contributed by atoms with Gasteiger partial charge >= 0.3 is 0 Å². The molecule has 4 heterocycles. The minimum Gasteiger partial charge on any atom is -0.481 e. The van der Waals surface area contributed by atoms with Gasteiger partial charge in [0.15, 0.2) is 0 Å². The molecular formula is C25H25FN4O2. The lowest BCUT2D eigenvalue weighted by Gasteiger charge is -2.34. The van der Waals surface area contributed by atoms with E-state index < -0.39 is 5.95 Å². The van der Waals surface area contributed by atoms with Crippen molar-refractivity contribution in [1.82, 2.24) is 15.0 Å². The zero-order valence-corrected chi connectivity index (χ0v) is 18.4. The molecule has 5 rings (SSSR count). The molecule has 32 heavy (non-hydrogen) atoms. The molecule has 1 atom stereocenters. The summed E-state index contributed by atoms with van der Waals surface area (Å²) < 4.78 is 25.9. The van der Waals surface area contributed by atoms with E-state index in [0.29, 0.717) is 30.4 Å². The first-order valence-corrected chi connectivity index (χ1v) is 10.8. The first-order valence-electron chi connectivity index (χ1n) is 10.8. The molecule has 0 bridgehead atoms. The van der Waals surface area contributed by atoms with E-state index in [1.165, 1.54) is 0 Å². The van der Waals surface area contributed by atoms with Gasteiger partial charge in [-0.25, -0.2) is 15.0 Å². The molecule has 0 amide bonds. The van der Waals surface area contributed by atoms with Crippen molar-refractivity contribution >= 4 is 11.9 Å². The Balaban J connectivity index is 1.71. The quantitative estimate of drug-likeness (QED) is 0.568. The number of nitrogens with zero attached hydrogens (tertiary/aromatic N) is 4. The number of anilines is 1. The lowest BCUT2D eigenvalue weighted by Crippen LogP contribution is -2.44. The zero-order valence-electron chi connectivity index (χ0n) is 18.4. The number of pyridine rings is 3. The molecule has 0 spiro atoms. The molecule has 3 aromatic rings. The van der Waals surface area contributed by atoms with Gasteiger partial charge < -0.3 is 14.4 Å². The summed E-state index contributed by atoms with van der Waals surface area (Å²) >= 11 is 0. The summed E-state index contributed by atoms with van der Waals surface area (Å²) in [5.41, 5.74) is 5.78. The van der Waals surface area contributed by atoms with E-state index in [1.807, 2.05) is 37.3 Å². The van der Waals surface area contributed by atoms with E-state index in [1.54, 1.807) is 19.5 Å². The van der Waals surface area contributed by atoms with Gasteiger partial charge in [0.05, 0.1) is 37.6 Å². The van der Waals surface area contributed by atoms with E-state index in [9.17, 15) is 0 Å². The molecule has 6 nitrogen and oxygen atoms in total. The summed E-state index contributed by atoms with van der Waals surface area (Å²) in [6, 6.07) is 6.04. The molecule has 1 aliphatic heterocycles. The van der Waals surface area contributed by atoms with Crippen LogP contribution < -0.4 is 9.64 Å². The normalized spacial score (nSPS) is 17.5. The Hall–Kier alpha value is -3.32. The Labute approximate surface area is 186 Å². The number of ether oxygens (including phenoxy) is 2. The molecule has 0 saturated carbocycles. The summed E-state index contributed by atoms with van der Waals surface area (Å²) in [6.07, 6.45) is 8.15. The van der Waals surface area contributed by atoms with E-state index >= 15 is 4.39 Å². The zero-order chi connectivity index (χ0) is 22.2. The number of allylic oxidation sites excluding steroid dienone is 1. The number of halogens is 1. The molecule has 0 N–H and O–H groups in total. The van der Waals surface area contributed by atoms with Crippen LogP contribution in [0, 0.1) is 12.9 Å². The Morgan fingerprint density at radius 3 is 2.84 bits per heavy atom. The van der Waals surface area contributed by atoms with E-state index in [2.05, 4.69) is 21.8 Å². The Morgan fingerprint density at radius 1 is 1.19 bits per heavy atom. The molecule has 0 unspecified atom stereocenters. The summed E-state index contributed by atoms with van der Waals surface area (Å²) in [4.78, 5) is 15.5. The van der Waals surface area contributed by atoms with Crippen molar-refractivity contribution in [2.45, 2.75) is 26.3 Å². The molecule has 1 aliphatic carbocycles. The Kier molecular flexibility index (Phi) is 5.35. The molecule has 0 radical (unpaired) electrons. The smallest absolute Gasteiger partial charge is 0.222 e. The van der Waals surface area contributed by atoms with Crippen LogP contribution >= 0.6 is 0 Å². The van der Waals surface area contributed by atoms with Gasteiger partial charge in [0, 0.05) is 30.6 Å². The monoisotopic (exact) mass is 432 g/mol. The van der Waals surface area contributed by atoms with Gasteiger partial charge in [0.2, 0.25) is 11.8 Å². The van der Waals surface area contributed by atoms with Crippen molar-refractivity contribution in [2.75, 3.05) is 31.8 Å². The maximum atomic E-state index is 15.0. The Morgan fingerprint density at radius 2 is 2.06 bits per heavy atom. The molecule has 1 fully saturated rings. The number of hydrogen-bond acceptors (Lipinski definition) is 6. The number of rotatable bonds is 4. The third kappa shape index (κ3) is 3.62. The number of hydrogen-bond donors (Lipinski definition) is 0. The van der Waals surface area contributed by atoms with Gasteiger partial charge in [-0.1, -0.05) is 12.2 Å². The first-order chi connectivity index (χ1) is 15.5. The van der Waals surface area contributed by atoms with Gasteiger partial charge in [0.25, 0.3) is 0 Å². The van der Waals surface area contributed by atoms with Gasteiger partial charge in [0.1, 0.15) is 5.82 Å². The predicted molar refractivity (Wildman–Crippen MR) is 122 cm³/mol. The molecular weight excluding hydrogens is 407 g/mol. The van der Waals surface area contributed by atoms with Crippen LogP contribution in [0.25, 0.3) is 28.5 Å². The average molecular weight is 432 g/mol. The molecule has 1 saturated heterocycles. The fourth-order valence-corrected chi connectivity index (χ4v) is 4.40. The SMILES string of the molecule is COc1cc(C)c(-c2cc(-c3c(F)ncc4c3C=CC4)nc(N3CCOC[C@H]3C)c2)cn1. The van der Waals surface area contributed by atoms with Gasteiger partial charge in [-0.3, -0.25) is 0 Å². The highest BCUT2D eigenvalue weighted by molar-refractivity contribution is 5.81. The minimum atomic E-state index is -0.509. The maximum absolute atomic E-state index is 15.0. The van der Waals surface area contributed by atoms with Crippen LogP contribution in [-0.2, 0) is 11.2 Å². The lowest BCUT2D eigenvalue weighted by molar-refractivity contribution is 0.0985. The number of fused-ring (bicyclic) bond motifs is 1.